The molecule has 0 saturated carbocycles. The molecule has 0 aromatic heterocycles. The molecule has 0 heterocycles. The summed E-state index contributed by atoms with van der Waals surface area (Å²) in [7, 11) is 3.85. The number of nitrogens with one attached hydrogen (secondary N) is 2. The number of halogens is 1. The summed E-state index contributed by atoms with van der Waals surface area (Å²) in [5.41, 5.74) is 2.79. The zero-order chi connectivity index (χ0) is 22.3. The smallest absolute Gasteiger partial charge is 0.319 e. The SMILES string of the molecule is CCCN(Cc1cc(NC(=O)NC(C)C)ccc1N(C)C)C(=O)c1cccc(F)c1. The van der Waals surface area contributed by atoms with Gasteiger partial charge in [0.25, 0.3) is 5.91 Å². The highest BCUT2D eigenvalue weighted by Gasteiger charge is 2.19. The summed E-state index contributed by atoms with van der Waals surface area (Å²) in [6.45, 7) is 6.65. The van der Waals surface area contributed by atoms with Gasteiger partial charge in [-0.25, -0.2) is 9.18 Å². The highest BCUT2D eigenvalue weighted by Crippen LogP contribution is 2.25. The standard InChI is InChI=1S/C23H31FN4O2/c1-6-12-28(22(29)17-8-7-9-19(24)13-17)15-18-14-20(10-11-21(18)27(4)5)26-23(30)25-16(2)3/h7-11,13-14,16H,6,12,15H2,1-5H3,(H2,25,26,30). The average Bonchev–Trinajstić information content (AvgIpc) is 2.66. The van der Waals surface area contributed by atoms with Gasteiger partial charge in [0.05, 0.1) is 0 Å². The second-order valence-electron chi connectivity index (χ2n) is 7.73. The predicted octanol–water partition coefficient (Wildman–Crippen LogP) is 4.47. The summed E-state index contributed by atoms with van der Waals surface area (Å²) in [5.74, 6) is -0.661. The molecule has 0 spiro atoms. The third-order valence-electron chi connectivity index (χ3n) is 4.45. The molecule has 0 saturated heterocycles. The number of carbonyl (C=O) groups excluding carboxylic acids is 2. The van der Waals surface area contributed by atoms with E-state index >= 15 is 0 Å². The van der Waals surface area contributed by atoms with Gasteiger partial charge >= 0.3 is 6.03 Å². The molecule has 2 aromatic carbocycles. The largest absolute Gasteiger partial charge is 0.377 e. The fourth-order valence-electron chi connectivity index (χ4n) is 3.19. The van der Waals surface area contributed by atoms with E-state index in [2.05, 4.69) is 10.6 Å². The molecule has 0 unspecified atom stereocenters. The number of anilines is 2. The molecule has 0 atom stereocenters. The zero-order valence-electron chi connectivity index (χ0n) is 18.3. The van der Waals surface area contributed by atoms with Crippen LogP contribution in [0.1, 0.15) is 43.1 Å². The van der Waals surface area contributed by atoms with E-state index in [1.165, 1.54) is 18.2 Å². The first-order chi connectivity index (χ1) is 14.2. The van der Waals surface area contributed by atoms with Crippen LogP contribution in [-0.4, -0.2) is 43.5 Å². The third kappa shape index (κ3) is 6.47. The maximum atomic E-state index is 13.6. The van der Waals surface area contributed by atoms with Crippen molar-refractivity contribution in [1.82, 2.24) is 10.2 Å². The molecule has 0 aliphatic rings. The van der Waals surface area contributed by atoms with Gasteiger partial charge < -0.3 is 20.4 Å². The quantitative estimate of drug-likeness (QED) is 0.670. The Bertz CT molecular complexity index is 883. The van der Waals surface area contributed by atoms with Crippen molar-refractivity contribution in [2.75, 3.05) is 30.9 Å². The van der Waals surface area contributed by atoms with Gasteiger partial charge in [-0.05, 0) is 62.2 Å². The summed E-state index contributed by atoms with van der Waals surface area (Å²) in [4.78, 5) is 28.8. The van der Waals surface area contributed by atoms with E-state index in [0.29, 0.717) is 24.3 Å². The van der Waals surface area contributed by atoms with Crippen LogP contribution < -0.4 is 15.5 Å². The number of nitrogens with zero attached hydrogens (tertiary/aromatic N) is 2. The minimum atomic E-state index is -0.436. The monoisotopic (exact) mass is 414 g/mol. The number of hydrogen-bond acceptors (Lipinski definition) is 3. The van der Waals surface area contributed by atoms with Gasteiger partial charge in [-0.3, -0.25) is 4.79 Å². The first kappa shape index (κ1) is 23.2. The normalized spacial score (nSPS) is 10.6. The van der Waals surface area contributed by atoms with Crippen LogP contribution in [0.3, 0.4) is 0 Å². The van der Waals surface area contributed by atoms with Crippen molar-refractivity contribution in [2.45, 2.75) is 39.8 Å². The highest BCUT2D eigenvalue weighted by atomic mass is 19.1. The molecule has 0 aliphatic heterocycles. The van der Waals surface area contributed by atoms with Crippen molar-refractivity contribution in [1.29, 1.82) is 0 Å². The van der Waals surface area contributed by atoms with Crippen LogP contribution in [0, 0.1) is 5.82 Å². The first-order valence-corrected chi connectivity index (χ1v) is 10.1. The van der Waals surface area contributed by atoms with E-state index in [-0.39, 0.29) is 18.0 Å². The van der Waals surface area contributed by atoms with Crippen LogP contribution in [-0.2, 0) is 6.54 Å². The summed E-state index contributed by atoms with van der Waals surface area (Å²) in [6, 6.07) is 11.1. The number of amides is 3. The molecule has 30 heavy (non-hydrogen) atoms. The summed E-state index contributed by atoms with van der Waals surface area (Å²) in [6.07, 6.45) is 0.771. The van der Waals surface area contributed by atoms with E-state index < -0.39 is 5.82 Å². The topological polar surface area (TPSA) is 64.7 Å². The molecule has 162 valence electrons. The van der Waals surface area contributed by atoms with Crippen LogP contribution in [0.4, 0.5) is 20.6 Å². The zero-order valence-corrected chi connectivity index (χ0v) is 18.3. The second-order valence-corrected chi connectivity index (χ2v) is 7.73. The van der Waals surface area contributed by atoms with E-state index in [1.54, 1.807) is 11.0 Å². The molecule has 7 heteroatoms. The van der Waals surface area contributed by atoms with E-state index in [9.17, 15) is 14.0 Å². The van der Waals surface area contributed by atoms with Crippen molar-refractivity contribution in [3.05, 3.63) is 59.4 Å². The molecule has 6 nitrogen and oxygen atoms in total. The molecule has 2 N–H and O–H groups in total. The lowest BCUT2D eigenvalue weighted by molar-refractivity contribution is 0.0743. The molecule has 0 fully saturated rings. The van der Waals surface area contributed by atoms with Gasteiger partial charge in [0.1, 0.15) is 5.82 Å². The second kappa shape index (κ2) is 10.6. The van der Waals surface area contributed by atoms with Gasteiger partial charge in [-0.1, -0.05) is 13.0 Å². The van der Waals surface area contributed by atoms with E-state index in [1.807, 2.05) is 58.0 Å². The van der Waals surface area contributed by atoms with Gasteiger partial charge in [0.2, 0.25) is 0 Å². The number of rotatable bonds is 8. The first-order valence-electron chi connectivity index (χ1n) is 10.1. The van der Waals surface area contributed by atoms with Crippen LogP contribution in [0.2, 0.25) is 0 Å². The Morgan fingerprint density at radius 2 is 1.83 bits per heavy atom. The minimum Gasteiger partial charge on any atom is -0.377 e. The van der Waals surface area contributed by atoms with Crippen molar-refractivity contribution >= 4 is 23.3 Å². The Hall–Kier alpha value is -3.09. The predicted molar refractivity (Wildman–Crippen MR) is 119 cm³/mol. The molecule has 2 rings (SSSR count). The maximum absolute atomic E-state index is 13.6. The Labute approximate surface area is 178 Å². The number of hydrogen-bond donors (Lipinski definition) is 2. The number of carbonyl (C=O) groups is 2. The van der Waals surface area contributed by atoms with Gasteiger partial charge in [0.15, 0.2) is 0 Å². The lowest BCUT2D eigenvalue weighted by Crippen LogP contribution is -2.34. The Balaban J connectivity index is 2.31. The molecule has 0 bridgehead atoms. The summed E-state index contributed by atoms with van der Waals surface area (Å²) in [5, 5.41) is 5.63. The Kier molecular flexibility index (Phi) is 8.21. The van der Waals surface area contributed by atoms with E-state index in [4.69, 9.17) is 0 Å². The van der Waals surface area contributed by atoms with Crippen molar-refractivity contribution in [3.63, 3.8) is 0 Å². The molecule has 0 aliphatic carbocycles. The molecular formula is C23H31FN4O2. The molecule has 3 amide bonds. The third-order valence-corrected chi connectivity index (χ3v) is 4.45. The van der Waals surface area contributed by atoms with Crippen LogP contribution in [0.5, 0.6) is 0 Å². The molecule has 0 radical (unpaired) electrons. The van der Waals surface area contributed by atoms with Crippen LogP contribution in [0.25, 0.3) is 0 Å². The minimum absolute atomic E-state index is 0.0226. The van der Waals surface area contributed by atoms with Gasteiger partial charge in [0, 0.05) is 50.2 Å². The van der Waals surface area contributed by atoms with Crippen molar-refractivity contribution < 1.29 is 14.0 Å². The van der Waals surface area contributed by atoms with Gasteiger partial charge in [-0.15, -0.1) is 0 Å². The average molecular weight is 415 g/mol. The lowest BCUT2D eigenvalue weighted by atomic mass is 10.1. The summed E-state index contributed by atoms with van der Waals surface area (Å²) >= 11 is 0. The molecule has 2 aromatic rings. The summed E-state index contributed by atoms with van der Waals surface area (Å²) < 4.78 is 13.6. The van der Waals surface area contributed by atoms with Crippen LogP contribution >= 0.6 is 0 Å². The fourth-order valence-corrected chi connectivity index (χ4v) is 3.19. The Morgan fingerprint density at radius 1 is 1.10 bits per heavy atom. The maximum Gasteiger partial charge on any atom is 0.319 e. The van der Waals surface area contributed by atoms with Crippen LogP contribution in [0.15, 0.2) is 42.5 Å². The van der Waals surface area contributed by atoms with Gasteiger partial charge in [-0.2, -0.15) is 0 Å². The lowest BCUT2D eigenvalue weighted by Gasteiger charge is -2.26. The molecular weight excluding hydrogens is 383 g/mol. The Morgan fingerprint density at radius 3 is 2.43 bits per heavy atom. The highest BCUT2D eigenvalue weighted by molar-refractivity contribution is 5.94. The number of urea groups is 1. The number of benzene rings is 2. The van der Waals surface area contributed by atoms with E-state index in [0.717, 1.165) is 17.7 Å². The van der Waals surface area contributed by atoms with Crippen molar-refractivity contribution in [3.8, 4) is 0 Å². The van der Waals surface area contributed by atoms with Crippen molar-refractivity contribution in [2.24, 2.45) is 0 Å². The fraction of sp³-hybridized carbons (Fsp3) is 0.391.